The monoisotopic (exact) mass is 286 g/mol. The lowest BCUT2D eigenvalue weighted by Crippen LogP contribution is -2.46. The lowest BCUT2D eigenvalue weighted by Gasteiger charge is -2.24. The summed E-state index contributed by atoms with van der Waals surface area (Å²) in [6.07, 6.45) is 0.809. The topological polar surface area (TPSA) is 76.1 Å². The van der Waals surface area contributed by atoms with E-state index in [0.29, 0.717) is 26.2 Å². The summed E-state index contributed by atoms with van der Waals surface area (Å²) in [5.41, 5.74) is 0. The summed E-state index contributed by atoms with van der Waals surface area (Å²) >= 11 is 0. The summed E-state index contributed by atoms with van der Waals surface area (Å²) < 4.78 is 0. The third kappa shape index (κ3) is 5.75. The smallest absolute Gasteiger partial charge is 0.317 e. The molecule has 0 aromatic carbocycles. The van der Waals surface area contributed by atoms with Crippen molar-refractivity contribution >= 4 is 12.0 Å². The number of likely N-dealkylation sites (N-methyl/N-ethyl adjacent to an activating group) is 1. The number of nitrogens with zero attached hydrogens (tertiary/aromatic N) is 3. The molecule has 0 aliphatic carbocycles. The molecular formula is C13H26N4O3. The molecule has 20 heavy (non-hydrogen) atoms. The zero-order valence-corrected chi connectivity index (χ0v) is 12.6. The van der Waals surface area contributed by atoms with Crippen LogP contribution >= 0.6 is 0 Å². The van der Waals surface area contributed by atoms with E-state index in [4.69, 9.17) is 5.11 Å². The molecule has 116 valence electrons. The van der Waals surface area contributed by atoms with E-state index < -0.39 is 5.97 Å². The quantitative estimate of drug-likeness (QED) is 0.728. The molecule has 7 nitrogen and oxygen atoms in total. The van der Waals surface area contributed by atoms with Gasteiger partial charge in [-0.2, -0.15) is 0 Å². The molecule has 0 radical (unpaired) electrons. The van der Waals surface area contributed by atoms with Gasteiger partial charge >= 0.3 is 12.0 Å². The Morgan fingerprint density at radius 1 is 1.25 bits per heavy atom. The van der Waals surface area contributed by atoms with Crippen LogP contribution in [0.3, 0.4) is 0 Å². The van der Waals surface area contributed by atoms with Gasteiger partial charge in [0.1, 0.15) is 0 Å². The van der Waals surface area contributed by atoms with Gasteiger partial charge in [0.25, 0.3) is 0 Å². The Kier molecular flexibility index (Phi) is 6.74. The Morgan fingerprint density at radius 2 is 1.95 bits per heavy atom. The Morgan fingerprint density at radius 3 is 2.55 bits per heavy atom. The highest BCUT2D eigenvalue weighted by Crippen LogP contribution is 2.03. The highest BCUT2D eigenvalue weighted by molar-refractivity contribution is 5.74. The van der Waals surface area contributed by atoms with Crippen molar-refractivity contribution in [1.29, 1.82) is 0 Å². The summed E-state index contributed by atoms with van der Waals surface area (Å²) in [7, 11) is 3.96. The van der Waals surface area contributed by atoms with Crippen molar-refractivity contribution in [3.63, 3.8) is 0 Å². The van der Waals surface area contributed by atoms with Gasteiger partial charge in [-0.1, -0.05) is 0 Å². The Hall–Kier alpha value is -1.34. The molecule has 1 unspecified atom stereocenters. The van der Waals surface area contributed by atoms with E-state index in [2.05, 4.69) is 17.1 Å². The van der Waals surface area contributed by atoms with Crippen molar-refractivity contribution < 1.29 is 14.7 Å². The molecule has 0 aromatic heterocycles. The second-order valence-electron chi connectivity index (χ2n) is 5.51. The predicted molar refractivity (Wildman–Crippen MR) is 76.8 cm³/mol. The lowest BCUT2D eigenvalue weighted by atomic mass is 10.3. The van der Waals surface area contributed by atoms with Crippen LogP contribution in [0.25, 0.3) is 0 Å². The largest absolute Gasteiger partial charge is 0.480 e. The first-order valence-corrected chi connectivity index (χ1v) is 7.03. The van der Waals surface area contributed by atoms with Crippen LogP contribution in [0.5, 0.6) is 0 Å². The highest BCUT2D eigenvalue weighted by Gasteiger charge is 2.20. The van der Waals surface area contributed by atoms with E-state index in [1.54, 1.807) is 4.90 Å². The van der Waals surface area contributed by atoms with Crippen molar-refractivity contribution in [2.24, 2.45) is 0 Å². The molecule has 1 aliphatic heterocycles. The molecular weight excluding hydrogens is 260 g/mol. The van der Waals surface area contributed by atoms with Crippen LogP contribution in [0.2, 0.25) is 0 Å². The summed E-state index contributed by atoms with van der Waals surface area (Å²) in [5, 5.41) is 11.7. The maximum Gasteiger partial charge on any atom is 0.317 e. The second kappa shape index (κ2) is 8.06. The summed E-state index contributed by atoms with van der Waals surface area (Å²) in [4.78, 5) is 28.5. The number of aliphatic carboxylic acids is 1. The van der Waals surface area contributed by atoms with Crippen molar-refractivity contribution in [2.45, 2.75) is 19.4 Å². The summed E-state index contributed by atoms with van der Waals surface area (Å²) in [5.74, 6) is -0.817. The van der Waals surface area contributed by atoms with Gasteiger partial charge in [0.15, 0.2) is 0 Å². The zero-order chi connectivity index (χ0) is 15.1. The number of carbonyl (C=O) groups is 2. The molecule has 0 aromatic rings. The van der Waals surface area contributed by atoms with E-state index in [9.17, 15) is 9.59 Å². The molecule has 1 fully saturated rings. The van der Waals surface area contributed by atoms with Crippen LogP contribution in [0.15, 0.2) is 0 Å². The molecule has 1 aliphatic rings. The number of urea groups is 1. The maximum absolute atomic E-state index is 12.1. The van der Waals surface area contributed by atoms with Crippen LogP contribution < -0.4 is 5.32 Å². The molecule has 0 bridgehead atoms. The molecule has 0 saturated carbocycles. The minimum Gasteiger partial charge on any atom is -0.480 e. The zero-order valence-electron chi connectivity index (χ0n) is 12.6. The van der Waals surface area contributed by atoms with E-state index in [-0.39, 0.29) is 18.6 Å². The number of carboxylic acid groups (broad SMARTS) is 1. The van der Waals surface area contributed by atoms with Crippen LogP contribution in [0.1, 0.15) is 13.3 Å². The average molecular weight is 286 g/mol. The van der Waals surface area contributed by atoms with Gasteiger partial charge in [0.2, 0.25) is 0 Å². The van der Waals surface area contributed by atoms with Crippen LogP contribution in [0, 0.1) is 0 Å². The molecule has 1 rings (SSSR count). The predicted octanol–water partition coefficient (Wildman–Crippen LogP) is -0.262. The van der Waals surface area contributed by atoms with Crippen LogP contribution in [-0.4, -0.2) is 91.2 Å². The van der Waals surface area contributed by atoms with Gasteiger partial charge in [-0.25, -0.2) is 4.79 Å². The molecule has 1 heterocycles. The Labute approximate surface area is 120 Å². The summed E-state index contributed by atoms with van der Waals surface area (Å²) in [6.45, 7) is 5.31. The molecule has 2 N–H and O–H groups in total. The van der Waals surface area contributed by atoms with E-state index in [1.165, 1.54) is 0 Å². The number of hydrogen-bond acceptors (Lipinski definition) is 4. The molecule has 2 amide bonds. The summed E-state index contributed by atoms with van der Waals surface area (Å²) in [6, 6.07) is 0.227. The minimum absolute atomic E-state index is 0.0487. The standard InChI is InChI=1S/C13H26N4O3/c1-11(15(2)3)9-14-13(20)17-6-4-5-16(7-8-17)10-12(18)19/h11H,4-10H2,1-3H3,(H,14,20)(H,18,19). The fourth-order valence-electron chi connectivity index (χ4n) is 2.05. The number of carboxylic acids is 1. The third-order valence-electron chi connectivity index (χ3n) is 3.66. The lowest BCUT2D eigenvalue weighted by molar-refractivity contribution is -0.138. The Balaban J connectivity index is 2.36. The number of carbonyl (C=O) groups excluding carboxylic acids is 1. The third-order valence-corrected chi connectivity index (χ3v) is 3.66. The van der Waals surface area contributed by atoms with Gasteiger partial charge in [-0.05, 0) is 27.4 Å². The number of hydrogen-bond donors (Lipinski definition) is 2. The van der Waals surface area contributed by atoms with Gasteiger partial charge in [-0.3, -0.25) is 9.69 Å². The van der Waals surface area contributed by atoms with Crippen molar-refractivity contribution in [2.75, 3.05) is 53.4 Å². The number of nitrogens with one attached hydrogen (secondary N) is 1. The fourth-order valence-corrected chi connectivity index (χ4v) is 2.05. The Bertz CT molecular complexity index is 336. The average Bonchev–Trinajstić information content (AvgIpc) is 2.60. The van der Waals surface area contributed by atoms with Gasteiger partial charge in [-0.15, -0.1) is 0 Å². The maximum atomic E-state index is 12.1. The number of amides is 2. The first kappa shape index (κ1) is 16.7. The molecule has 1 atom stereocenters. The minimum atomic E-state index is -0.817. The van der Waals surface area contributed by atoms with Gasteiger partial charge in [0, 0.05) is 38.8 Å². The highest BCUT2D eigenvalue weighted by atomic mass is 16.4. The van der Waals surface area contributed by atoms with Crippen LogP contribution in [0.4, 0.5) is 4.79 Å². The van der Waals surface area contributed by atoms with E-state index in [0.717, 1.165) is 13.0 Å². The normalized spacial score (nSPS) is 18.7. The molecule has 7 heteroatoms. The van der Waals surface area contributed by atoms with Crippen molar-refractivity contribution in [1.82, 2.24) is 20.0 Å². The molecule has 1 saturated heterocycles. The fraction of sp³-hybridized carbons (Fsp3) is 0.846. The van der Waals surface area contributed by atoms with Gasteiger partial charge < -0.3 is 20.2 Å². The first-order valence-electron chi connectivity index (χ1n) is 7.03. The van der Waals surface area contributed by atoms with Crippen molar-refractivity contribution in [3.8, 4) is 0 Å². The second-order valence-corrected chi connectivity index (χ2v) is 5.51. The molecule has 0 spiro atoms. The van der Waals surface area contributed by atoms with Gasteiger partial charge in [0.05, 0.1) is 6.54 Å². The number of rotatable bonds is 5. The van der Waals surface area contributed by atoms with Crippen molar-refractivity contribution in [3.05, 3.63) is 0 Å². The van der Waals surface area contributed by atoms with E-state index >= 15 is 0 Å². The van der Waals surface area contributed by atoms with E-state index in [1.807, 2.05) is 19.0 Å². The van der Waals surface area contributed by atoms with Crippen LogP contribution in [-0.2, 0) is 4.79 Å². The SMILES string of the molecule is CC(CNC(=O)N1CCCN(CC(=O)O)CC1)N(C)C. The first-order chi connectivity index (χ1) is 9.40.